The van der Waals surface area contributed by atoms with Crippen LogP contribution in [0, 0.1) is 45.3 Å². The Balaban J connectivity index is 1.04. The Labute approximate surface area is 216 Å². The number of ether oxygens (including phenoxy) is 2. The van der Waals surface area contributed by atoms with Crippen molar-refractivity contribution < 1.29 is 18.3 Å². The van der Waals surface area contributed by atoms with E-state index in [0.29, 0.717) is 48.0 Å². The van der Waals surface area contributed by atoms with Gasteiger partial charge in [-0.2, -0.15) is 15.0 Å². The second-order valence-corrected chi connectivity index (χ2v) is 14.0. The summed E-state index contributed by atoms with van der Waals surface area (Å²) in [5.41, 5.74) is 7.17. The Hall–Kier alpha value is -2.66. The second-order valence-electron chi connectivity index (χ2n) is 14.0. The van der Waals surface area contributed by atoms with Gasteiger partial charge in [0.2, 0.25) is 11.9 Å². The number of halogens is 2. The van der Waals surface area contributed by atoms with Crippen molar-refractivity contribution in [1.29, 1.82) is 0 Å². The largest absolute Gasteiger partial charge is 0.384 e. The van der Waals surface area contributed by atoms with Crippen molar-refractivity contribution in [3.63, 3.8) is 0 Å². The van der Waals surface area contributed by atoms with Crippen molar-refractivity contribution in [2.75, 3.05) is 42.0 Å². The van der Waals surface area contributed by atoms with Gasteiger partial charge in [-0.15, -0.1) is 0 Å². The molecular weight excluding hydrogens is 492 g/mol. The van der Waals surface area contributed by atoms with E-state index in [4.69, 9.17) is 30.2 Å². The molecule has 12 unspecified atom stereocenters. The van der Waals surface area contributed by atoms with Crippen molar-refractivity contribution in [3.8, 4) is 11.4 Å². The molecule has 12 rings (SSSR count). The maximum Gasteiger partial charge on any atom is 0.264 e. The van der Waals surface area contributed by atoms with Gasteiger partial charge in [-0.05, 0) is 53.4 Å². The molecule has 38 heavy (non-hydrogen) atoms. The van der Waals surface area contributed by atoms with Gasteiger partial charge in [-0.1, -0.05) is 0 Å². The third-order valence-electron chi connectivity index (χ3n) is 13.4. The summed E-state index contributed by atoms with van der Waals surface area (Å²) in [7, 11) is 0. The SMILES string of the molecule is Nc1cc(C(F)F)c(-c2nc(N3C4COCC45C4C6CC64C35)nc(N3C4COCC45C4C6CC64C35)n2)cn1. The zero-order chi connectivity index (χ0) is 24.7. The molecule has 2 aromatic rings. The number of piperidine rings is 2. The number of fused-ring (bicyclic) bond motifs is 2. The number of nitrogens with two attached hydrogens (primary N) is 1. The van der Waals surface area contributed by atoms with E-state index < -0.39 is 6.43 Å². The number of pyridine rings is 1. The first-order valence-corrected chi connectivity index (χ1v) is 14.0. The first kappa shape index (κ1) is 19.4. The van der Waals surface area contributed by atoms with E-state index in [1.54, 1.807) is 0 Å². The predicted molar refractivity (Wildman–Crippen MR) is 127 cm³/mol. The van der Waals surface area contributed by atoms with Gasteiger partial charge in [0.25, 0.3) is 6.43 Å². The third-order valence-corrected chi connectivity index (χ3v) is 13.4. The van der Waals surface area contributed by atoms with Gasteiger partial charge in [0.15, 0.2) is 5.82 Å². The van der Waals surface area contributed by atoms with Gasteiger partial charge < -0.3 is 25.0 Å². The second kappa shape index (κ2) is 5.12. The van der Waals surface area contributed by atoms with Crippen molar-refractivity contribution in [2.24, 2.45) is 45.3 Å². The lowest BCUT2D eigenvalue weighted by Gasteiger charge is -2.70. The summed E-state index contributed by atoms with van der Waals surface area (Å²) in [6, 6.07) is 2.55. The Morgan fingerprint density at radius 3 is 1.97 bits per heavy atom. The fraction of sp³-hybridized carbons (Fsp3) is 0.704. The molecule has 2 aromatic heterocycles. The number of alkyl halides is 2. The molecule has 6 saturated carbocycles. The number of hydrogen-bond acceptors (Lipinski definition) is 9. The molecule has 6 heterocycles. The quantitative estimate of drug-likeness (QED) is 0.652. The van der Waals surface area contributed by atoms with Gasteiger partial charge in [-0.3, -0.25) is 0 Å². The number of hydrogen-bond donors (Lipinski definition) is 1. The number of rotatable bonds is 4. The molecular formula is C27H25F2N7O2. The van der Waals surface area contributed by atoms with E-state index in [0.717, 1.165) is 36.9 Å². The monoisotopic (exact) mass is 517 g/mol. The molecule has 0 amide bonds. The van der Waals surface area contributed by atoms with Crippen LogP contribution in [0.3, 0.4) is 0 Å². The minimum Gasteiger partial charge on any atom is -0.384 e. The lowest BCUT2D eigenvalue weighted by atomic mass is 9.48. The van der Waals surface area contributed by atoms with Gasteiger partial charge in [-0.25, -0.2) is 13.8 Å². The van der Waals surface area contributed by atoms with Crippen molar-refractivity contribution in [1.82, 2.24) is 19.9 Å². The van der Waals surface area contributed by atoms with Crippen LogP contribution in [0.5, 0.6) is 0 Å². The topological polar surface area (TPSA) is 103 Å². The molecule has 10 aliphatic rings. The maximum absolute atomic E-state index is 14.2. The number of aromatic nitrogens is 4. The summed E-state index contributed by atoms with van der Waals surface area (Å²) >= 11 is 0. The summed E-state index contributed by atoms with van der Waals surface area (Å²) in [5.74, 6) is 4.79. The van der Waals surface area contributed by atoms with E-state index in [1.165, 1.54) is 25.1 Å². The van der Waals surface area contributed by atoms with Crippen molar-refractivity contribution in [2.45, 2.75) is 43.4 Å². The summed E-state index contributed by atoms with van der Waals surface area (Å²) < 4.78 is 40.4. The van der Waals surface area contributed by atoms with E-state index in [2.05, 4.69) is 14.8 Å². The van der Waals surface area contributed by atoms with Gasteiger partial charge in [0, 0.05) is 40.2 Å². The first-order valence-electron chi connectivity index (χ1n) is 14.0. The fourth-order valence-corrected chi connectivity index (χ4v) is 12.1. The first-order chi connectivity index (χ1) is 18.5. The molecule has 2 N–H and O–H groups in total. The van der Waals surface area contributed by atoms with Crippen LogP contribution in [0.1, 0.15) is 24.8 Å². The Kier molecular flexibility index (Phi) is 2.62. The highest BCUT2D eigenvalue weighted by Crippen LogP contribution is 3.01. The van der Waals surface area contributed by atoms with E-state index in [-0.39, 0.29) is 45.7 Å². The van der Waals surface area contributed by atoms with E-state index >= 15 is 0 Å². The van der Waals surface area contributed by atoms with Crippen molar-refractivity contribution in [3.05, 3.63) is 17.8 Å². The highest BCUT2D eigenvalue weighted by Gasteiger charge is 3.04. The number of nitrogen functional groups attached to an aromatic ring is 1. The van der Waals surface area contributed by atoms with Crippen LogP contribution in [0.2, 0.25) is 0 Å². The minimum absolute atomic E-state index is 0.0612. The summed E-state index contributed by atoms with van der Waals surface area (Å²) in [4.78, 5) is 23.8. The normalized spacial score (nSPS) is 54.9. The third kappa shape index (κ3) is 1.54. The van der Waals surface area contributed by atoms with Crippen LogP contribution in [0.15, 0.2) is 12.3 Å². The maximum atomic E-state index is 14.2. The van der Waals surface area contributed by atoms with Crippen LogP contribution in [0.4, 0.5) is 26.5 Å². The van der Waals surface area contributed by atoms with E-state index in [1.807, 2.05) is 0 Å². The molecule has 9 nitrogen and oxygen atoms in total. The summed E-state index contributed by atoms with van der Waals surface area (Å²) in [6.45, 7) is 3.00. The van der Waals surface area contributed by atoms with Crippen molar-refractivity contribution >= 4 is 17.7 Å². The molecule has 194 valence electrons. The van der Waals surface area contributed by atoms with Crippen LogP contribution in [0.25, 0.3) is 11.4 Å². The average Bonchev–Trinajstić information content (AvgIpc) is 3.82. The van der Waals surface area contributed by atoms with Crippen LogP contribution in [-0.4, -0.2) is 70.5 Å². The fourth-order valence-electron chi connectivity index (χ4n) is 12.1. The highest BCUT2D eigenvalue weighted by molar-refractivity contribution is 5.70. The van der Waals surface area contributed by atoms with E-state index in [9.17, 15) is 8.78 Å². The molecule has 12 atom stereocenters. The minimum atomic E-state index is -2.71. The summed E-state index contributed by atoms with van der Waals surface area (Å²) in [5, 5.41) is 0. The van der Waals surface area contributed by atoms with Crippen LogP contribution in [-0.2, 0) is 9.47 Å². The zero-order valence-electron chi connectivity index (χ0n) is 20.4. The lowest BCUT2D eigenvalue weighted by Crippen LogP contribution is -2.82. The highest BCUT2D eigenvalue weighted by atomic mass is 19.3. The standard InChI is InChI=1S/C27H25F2N7O2/c28-18(29)9-1-15(30)31-4-10(9)19-32-22(35-13-5-37-7-26(13)16-11-2-24(11,16)20(26)35)34-23(33-19)36-14-6-38-8-27(14)17-12-3-25(12,17)21(27)36/h1,4,11-14,16-18,20-21H,2-3,5-8H2,(H2,30,31). The molecule has 4 aliphatic heterocycles. The Morgan fingerprint density at radius 1 is 0.868 bits per heavy atom. The molecule has 0 aromatic carbocycles. The number of anilines is 3. The molecule has 10 fully saturated rings. The zero-order valence-corrected chi connectivity index (χ0v) is 20.4. The molecule has 11 heteroatoms. The molecule has 0 bridgehead atoms. The Bertz CT molecular complexity index is 1490. The average molecular weight is 518 g/mol. The number of nitrogens with zero attached hydrogens (tertiary/aromatic N) is 6. The Morgan fingerprint density at radius 2 is 1.45 bits per heavy atom. The van der Waals surface area contributed by atoms with Gasteiger partial charge >= 0.3 is 0 Å². The molecule has 4 saturated heterocycles. The van der Waals surface area contributed by atoms with Crippen LogP contribution < -0.4 is 15.5 Å². The smallest absolute Gasteiger partial charge is 0.264 e. The lowest BCUT2D eigenvalue weighted by molar-refractivity contribution is -0.0849. The predicted octanol–water partition coefficient (Wildman–Crippen LogP) is 1.90. The van der Waals surface area contributed by atoms with Crippen LogP contribution >= 0.6 is 0 Å². The summed E-state index contributed by atoms with van der Waals surface area (Å²) in [6.07, 6.45) is 1.26. The molecule has 6 aliphatic carbocycles. The van der Waals surface area contributed by atoms with Gasteiger partial charge in [0.1, 0.15) is 5.82 Å². The molecule has 0 radical (unpaired) electrons. The molecule has 4 spiro atoms. The van der Waals surface area contributed by atoms with Gasteiger partial charge in [0.05, 0.1) is 38.5 Å².